The van der Waals surface area contributed by atoms with Gasteiger partial charge in [-0.3, -0.25) is 0 Å². The summed E-state index contributed by atoms with van der Waals surface area (Å²) in [6.07, 6.45) is 6.74. The quantitative estimate of drug-likeness (QED) is 0.435. The molecular weight excluding hydrogens is 148 g/mol. The van der Waals surface area contributed by atoms with Gasteiger partial charge in [0.1, 0.15) is 0 Å². The maximum atomic E-state index is 5.52. The fourth-order valence-corrected chi connectivity index (χ4v) is 1.05. The maximum Gasteiger partial charge on any atom is 0.0787 e. The number of hydrogen-bond acceptors (Lipinski definition) is 1. The third kappa shape index (κ3) is 4.14. The molecule has 0 spiro atoms. The van der Waals surface area contributed by atoms with Gasteiger partial charge < -0.3 is 4.74 Å². The molecule has 0 aliphatic carbocycles. The molecule has 0 bridgehead atoms. The molecule has 0 amide bonds. The topological polar surface area (TPSA) is 9.23 Å². The third-order valence-corrected chi connectivity index (χ3v) is 1.67. The van der Waals surface area contributed by atoms with E-state index in [0.29, 0.717) is 6.61 Å². The summed E-state index contributed by atoms with van der Waals surface area (Å²) >= 11 is 0. The van der Waals surface area contributed by atoms with E-state index < -0.39 is 0 Å². The van der Waals surface area contributed by atoms with Gasteiger partial charge >= 0.3 is 0 Å². The highest BCUT2D eigenvalue weighted by Gasteiger charge is 2.05. The molecule has 0 unspecified atom stereocenters. The second-order valence-electron chi connectivity index (χ2n) is 2.67. The minimum atomic E-state index is 0.209. The molecule has 1 atom stereocenters. The molecule has 1 heteroatoms. The molecule has 0 aliphatic rings. The average Bonchev–Trinajstić information content (AvgIpc) is 2.06. The van der Waals surface area contributed by atoms with Gasteiger partial charge in [-0.1, -0.05) is 31.7 Å². The van der Waals surface area contributed by atoms with Crippen molar-refractivity contribution in [3.05, 3.63) is 37.0 Å². The van der Waals surface area contributed by atoms with Crippen LogP contribution in [0.4, 0.5) is 0 Å². The minimum Gasteiger partial charge on any atom is -0.370 e. The Labute approximate surface area is 75.4 Å². The predicted molar refractivity (Wildman–Crippen MR) is 54.2 cm³/mol. The summed E-state index contributed by atoms with van der Waals surface area (Å²) in [6, 6.07) is 0. The summed E-state index contributed by atoms with van der Waals surface area (Å²) in [5.41, 5.74) is 1.22. The normalized spacial score (nSPS) is 14.0. The summed E-state index contributed by atoms with van der Waals surface area (Å²) in [5.74, 6) is 0. The van der Waals surface area contributed by atoms with Crippen LogP contribution in [0, 0.1) is 0 Å². The highest BCUT2D eigenvalue weighted by Crippen LogP contribution is 2.09. The Morgan fingerprint density at radius 1 is 1.50 bits per heavy atom. The van der Waals surface area contributed by atoms with E-state index in [9.17, 15) is 0 Å². The highest BCUT2D eigenvalue weighted by atomic mass is 16.5. The fraction of sp³-hybridized carbons (Fsp3) is 0.455. The molecule has 0 N–H and O–H groups in total. The van der Waals surface area contributed by atoms with Gasteiger partial charge in [-0.2, -0.15) is 0 Å². The van der Waals surface area contributed by atoms with Gasteiger partial charge in [-0.25, -0.2) is 0 Å². The first-order valence-corrected chi connectivity index (χ1v) is 4.28. The van der Waals surface area contributed by atoms with Crippen LogP contribution in [0.15, 0.2) is 37.0 Å². The zero-order valence-corrected chi connectivity index (χ0v) is 8.05. The first-order valence-electron chi connectivity index (χ1n) is 4.28. The Morgan fingerprint density at radius 3 is 2.58 bits per heavy atom. The standard InChI is InChI=1S/C11H18O/c1-5-8-10(4)11(7-3)12-9-6-2/h5-6,8,11H,1-2,7,9H2,3-4H3/t11-/m0/s1. The molecule has 0 fully saturated rings. The van der Waals surface area contributed by atoms with E-state index in [1.54, 1.807) is 12.2 Å². The van der Waals surface area contributed by atoms with Crippen LogP contribution in [0.5, 0.6) is 0 Å². The van der Waals surface area contributed by atoms with Crippen molar-refractivity contribution in [3.8, 4) is 0 Å². The Bertz CT molecular complexity index is 168. The van der Waals surface area contributed by atoms with Crippen LogP contribution in [-0.4, -0.2) is 12.7 Å². The monoisotopic (exact) mass is 166 g/mol. The van der Waals surface area contributed by atoms with Gasteiger partial charge in [0.05, 0.1) is 12.7 Å². The molecule has 0 saturated heterocycles. The second-order valence-corrected chi connectivity index (χ2v) is 2.67. The van der Waals surface area contributed by atoms with E-state index in [1.807, 2.05) is 6.08 Å². The molecule has 0 aliphatic heterocycles. The largest absolute Gasteiger partial charge is 0.370 e. The molecule has 0 aromatic heterocycles. The second kappa shape index (κ2) is 6.86. The molecule has 0 rings (SSSR count). The van der Waals surface area contributed by atoms with Gasteiger partial charge in [0.25, 0.3) is 0 Å². The van der Waals surface area contributed by atoms with E-state index in [2.05, 4.69) is 27.0 Å². The zero-order valence-electron chi connectivity index (χ0n) is 8.05. The predicted octanol–water partition coefficient (Wildman–Crippen LogP) is 3.10. The molecule has 0 aromatic rings. The average molecular weight is 166 g/mol. The Kier molecular flexibility index (Phi) is 6.39. The molecule has 0 heterocycles. The highest BCUT2D eigenvalue weighted by molar-refractivity contribution is 5.12. The Hall–Kier alpha value is -0.820. The first-order chi connectivity index (χ1) is 5.76. The van der Waals surface area contributed by atoms with E-state index in [1.165, 1.54) is 5.57 Å². The lowest BCUT2D eigenvalue weighted by molar-refractivity contribution is 0.0981. The van der Waals surface area contributed by atoms with Crippen molar-refractivity contribution in [1.82, 2.24) is 0 Å². The lowest BCUT2D eigenvalue weighted by atomic mass is 10.1. The summed E-state index contributed by atoms with van der Waals surface area (Å²) in [7, 11) is 0. The summed E-state index contributed by atoms with van der Waals surface area (Å²) in [6.45, 7) is 12.0. The Morgan fingerprint density at radius 2 is 2.17 bits per heavy atom. The first kappa shape index (κ1) is 11.2. The lowest BCUT2D eigenvalue weighted by Gasteiger charge is -2.15. The van der Waals surface area contributed by atoms with Crippen molar-refractivity contribution in [2.45, 2.75) is 26.4 Å². The van der Waals surface area contributed by atoms with Crippen LogP contribution in [0.2, 0.25) is 0 Å². The number of hydrogen-bond donors (Lipinski definition) is 0. The van der Waals surface area contributed by atoms with Crippen molar-refractivity contribution < 1.29 is 4.74 Å². The molecule has 68 valence electrons. The van der Waals surface area contributed by atoms with Gasteiger partial charge in [-0.15, -0.1) is 6.58 Å². The van der Waals surface area contributed by atoms with Gasteiger partial charge in [-0.05, 0) is 18.9 Å². The lowest BCUT2D eigenvalue weighted by Crippen LogP contribution is -2.12. The van der Waals surface area contributed by atoms with Gasteiger partial charge in [0.2, 0.25) is 0 Å². The van der Waals surface area contributed by atoms with Crippen molar-refractivity contribution >= 4 is 0 Å². The van der Waals surface area contributed by atoms with Crippen LogP contribution in [0.25, 0.3) is 0 Å². The van der Waals surface area contributed by atoms with Crippen LogP contribution >= 0.6 is 0 Å². The van der Waals surface area contributed by atoms with Crippen LogP contribution in [0.3, 0.4) is 0 Å². The van der Waals surface area contributed by atoms with Crippen LogP contribution in [0.1, 0.15) is 20.3 Å². The zero-order chi connectivity index (χ0) is 9.40. The molecule has 1 nitrogen and oxygen atoms in total. The molecule has 12 heavy (non-hydrogen) atoms. The number of ether oxygens (including phenoxy) is 1. The summed E-state index contributed by atoms with van der Waals surface area (Å²) in [4.78, 5) is 0. The van der Waals surface area contributed by atoms with Gasteiger partial charge in [0, 0.05) is 0 Å². The van der Waals surface area contributed by atoms with Gasteiger partial charge in [0.15, 0.2) is 0 Å². The van der Waals surface area contributed by atoms with Crippen LogP contribution < -0.4 is 0 Å². The summed E-state index contributed by atoms with van der Waals surface area (Å²) in [5, 5.41) is 0. The minimum absolute atomic E-state index is 0.209. The van der Waals surface area contributed by atoms with Crippen molar-refractivity contribution in [2.24, 2.45) is 0 Å². The molecule has 0 aromatic carbocycles. The number of allylic oxidation sites excluding steroid dienone is 2. The Balaban J connectivity index is 4.03. The van der Waals surface area contributed by atoms with Crippen LogP contribution in [-0.2, 0) is 4.74 Å². The SMILES string of the molecule is C=CC=C(C)[C@H](CC)OCC=C. The third-order valence-electron chi connectivity index (χ3n) is 1.67. The van der Waals surface area contributed by atoms with E-state index >= 15 is 0 Å². The van der Waals surface area contributed by atoms with E-state index in [0.717, 1.165) is 6.42 Å². The molecule has 0 radical (unpaired) electrons. The number of rotatable bonds is 6. The van der Waals surface area contributed by atoms with Crippen molar-refractivity contribution in [2.75, 3.05) is 6.61 Å². The smallest absolute Gasteiger partial charge is 0.0787 e. The van der Waals surface area contributed by atoms with Crippen molar-refractivity contribution in [3.63, 3.8) is 0 Å². The van der Waals surface area contributed by atoms with E-state index in [4.69, 9.17) is 4.74 Å². The fourth-order valence-electron chi connectivity index (χ4n) is 1.05. The molecule has 0 saturated carbocycles. The van der Waals surface area contributed by atoms with E-state index in [-0.39, 0.29) is 6.10 Å². The molecular formula is C11H18O. The van der Waals surface area contributed by atoms with Crippen molar-refractivity contribution in [1.29, 1.82) is 0 Å². The maximum absolute atomic E-state index is 5.52. The summed E-state index contributed by atoms with van der Waals surface area (Å²) < 4.78 is 5.52.